The molecular weight excluding hydrogens is 454 g/mol. The molecule has 6 rings (SSSR count). The summed E-state index contributed by atoms with van der Waals surface area (Å²) in [6, 6.07) is 12.0. The first-order chi connectivity index (χ1) is 17.0. The van der Waals surface area contributed by atoms with Gasteiger partial charge in [-0.05, 0) is 104 Å². The van der Waals surface area contributed by atoms with Crippen LogP contribution in [0, 0.1) is 58.2 Å². The van der Waals surface area contributed by atoms with Crippen LogP contribution in [0.15, 0.2) is 46.9 Å². The lowest BCUT2D eigenvalue weighted by molar-refractivity contribution is -0.143. The zero-order valence-corrected chi connectivity index (χ0v) is 21.2. The number of Topliss-reactive ketones (excluding diaryl/α,β-unsaturated/α-hetero) is 2. The monoisotopic (exact) mass is 489 g/mol. The van der Waals surface area contributed by atoms with Crippen molar-refractivity contribution in [3.8, 4) is 6.07 Å². The summed E-state index contributed by atoms with van der Waals surface area (Å²) in [7, 11) is -0.955. The van der Waals surface area contributed by atoms with Crippen LogP contribution in [0.2, 0.25) is 0 Å². The summed E-state index contributed by atoms with van der Waals surface area (Å²) in [4.78, 5) is 26.0. The van der Waals surface area contributed by atoms with Crippen molar-refractivity contribution in [3.05, 3.63) is 42.0 Å². The Hall–Kier alpha value is -2.06. The molecule has 184 valence electrons. The Balaban J connectivity index is 1.25. The van der Waals surface area contributed by atoms with Crippen molar-refractivity contribution in [3.63, 3.8) is 0 Å². The van der Waals surface area contributed by atoms with Crippen LogP contribution in [0.1, 0.15) is 64.2 Å². The number of benzene rings is 1. The highest BCUT2D eigenvalue weighted by atomic mass is 32.2. The summed E-state index contributed by atoms with van der Waals surface area (Å²) in [5.41, 5.74) is 0.281. The quantitative estimate of drug-likeness (QED) is 0.514. The van der Waals surface area contributed by atoms with Gasteiger partial charge in [-0.2, -0.15) is 5.26 Å². The fourth-order valence-corrected chi connectivity index (χ4v) is 10.9. The average molecular weight is 490 g/mol. The summed E-state index contributed by atoms with van der Waals surface area (Å²) >= 11 is 0. The molecule has 0 heterocycles. The standard InChI is InChI=1S/C30H35NO3S/c31-17-19-16-26-22-9-11-24-23(21(22)10-12-25(26)29(33)28(19)32)13-15-30(14-5-4-8-27(24)30)18-35(34)20-6-2-1-3-7-20/h1-3,6-7,16,21-27H,4-5,8-15,18H2. The van der Waals surface area contributed by atoms with Gasteiger partial charge in [0.2, 0.25) is 11.6 Å². The van der Waals surface area contributed by atoms with E-state index < -0.39 is 16.6 Å². The molecule has 5 aliphatic rings. The Morgan fingerprint density at radius 1 is 0.886 bits per heavy atom. The lowest BCUT2D eigenvalue weighted by Crippen LogP contribution is -2.54. The van der Waals surface area contributed by atoms with Crippen molar-refractivity contribution in [2.75, 3.05) is 5.75 Å². The molecule has 0 aliphatic heterocycles. The van der Waals surface area contributed by atoms with Gasteiger partial charge in [-0.25, -0.2) is 0 Å². The number of hydrogen-bond donors (Lipinski definition) is 0. The molecule has 5 heteroatoms. The first kappa shape index (κ1) is 23.3. The molecule has 4 nitrogen and oxygen atoms in total. The van der Waals surface area contributed by atoms with Crippen LogP contribution in [-0.2, 0) is 20.4 Å². The predicted octanol–water partition coefficient (Wildman–Crippen LogP) is 5.65. The van der Waals surface area contributed by atoms with Gasteiger partial charge >= 0.3 is 0 Å². The maximum absolute atomic E-state index is 13.4. The predicted molar refractivity (Wildman–Crippen MR) is 134 cm³/mol. The number of allylic oxidation sites excluding steroid dienone is 2. The van der Waals surface area contributed by atoms with Gasteiger partial charge < -0.3 is 0 Å². The molecule has 1 aromatic rings. The molecule has 0 saturated heterocycles. The zero-order chi connectivity index (χ0) is 24.2. The van der Waals surface area contributed by atoms with Crippen LogP contribution in [0.5, 0.6) is 0 Å². The fraction of sp³-hybridized carbons (Fsp3) is 0.633. The second kappa shape index (κ2) is 9.11. The summed E-state index contributed by atoms with van der Waals surface area (Å²) in [6.07, 6.45) is 13.4. The van der Waals surface area contributed by atoms with Crippen LogP contribution < -0.4 is 0 Å². The van der Waals surface area contributed by atoms with Gasteiger partial charge in [0.25, 0.3) is 0 Å². The maximum atomic E-state index is 13.4. The van der Waals surface area contributed by atoms with E-state index in [1.165, 1.54) is 44.9 Å². The Bertz CT molecular complexity index is 1120. The van der Waals surface area contributed by atoms with Gasteiger partial charge in [0.1, 0.15) is 6.07 Å². The van der Waals surface area contributed by atoms with Gasteiger partial charge in [-0.3, -0.25) is 13.8 Å². The third-order valence-electron chi connectivity index (χ3n) is 10.7. The smallest absolute Gasteiger partial charge is 0.239 e. The lowest BCUT2D eigenvalue weighted by Gasteiger charge is -2.60. The number of ketones is 2. The van der Waals surface area contributed by atoms with E-state index in [4.69, 9.17) is 0 Å². The van der Waals surface area contributed by atoms with E-state index in [-0.39, 0.29) is 28.6 Å². The van der Waals surface area contributed by atoms with E-state index in [0.29, 0.717) is 29.6 Å². The molecular formula is C30H35NO3S. The van der Waals surface area contributed by atoms with Crippen molar-refractivity contribution in [1.82, 2.24) is 0 Å². The molecule has 0 aromatic heterocycles. The molecule has 1 aromatic carbocycles. The molecule has 4 saturated carbocycles. The number of nitrogens with zero attached hydrogens (tertiary/aromatic N) is 1. The first-order valence-electron chi connectivity index (χ1n) is 13.7. The van der Waals surface area contributed by atoms with E-state index in [1.807, 2.05) is 42.5 Å². The number of carbonyl (C=O) groups is 2. The van der Waals surface area contributed by atoms with Gasteiger partial charge in [-0.15, -0.1) is 0 Å². The molecule has 0 amide bonds. The van der Waals surface area contributed by atoms with Crippen LogP contribution in [-0.4, -0.2) is 21.5 Å². The number of carbonyl (C=O) groups excluding carboxylic acids is 2. The summed E-state index contributed by atoms with van der Waals surface area (Å²) in [5, 5.41) is 9.45. The van der Waals surface area contributed by atoms with Gasteiger partial charge in [0.15, 0.2) is 0 Å². The first-order valence-corrected chi connectivity index (χ1v) is 15.0. The Morgan fingerprint density at radius 2 is 1.63 bits per heavy atom. The lowest BCUT2D eigenvalue weighted by atomic mass is 9.45. The molecule has 0 spiro atoms. The van der Waals surface area contributed by atoms with Crippen LogP contribution in [0.4, 0.5) is 0 Å². The average Bonchev–Trinajstić information content (AvgIpc) is 2.90. The molecule has 9 unspecified atom stereocenters. The Morgan fingerprint density at radius 3 is 2.43 bits per heavy atom. The fourth-order valence-electron chi connectivity index (χ4n) is 9.28. The van der Waals surface area contributed by atoms with E-state index in [0.717, 1.165) is 29.9 Å². The third-order valence-corrected chi connectivity index (χ3v) is 12.3. The molecule has 0 bridgehead atoms. The van der Waals surface area contributed by atoms with Crippen molar-refractivity contribution in [1.29, 1.82) is 5.26 Å². The third kappa shape index (κ3) is 3.79. The number of hydrogen-bond acceptors (Lipinski definition) is 4. The largest absolute Gasteiger partial charge is 0.290 e. The number of nitriles is 1. The maximum Gasteiger partial charge on any atom is 0.239 e. The highest BCUT2D eigenvalue weighted by Crippen LogP contribution is 2.63. The van der Waals surface area contributed by atoms with Crippen molar-refractivity contribution >= 4 is 22.4 Å². The van der Waals surface area contributed by atoms with Gasteiger partial charge in [0.05, 0.1) is 16.4 Å². The highest BCUT2D eigenvalue weighted by Gasteiger charge is 2.57. The molecule has 4 fully saturated rings. The Kier molecular flexibility index (Phi) is 6.08. The summed E-state index contributed by atoms with van der Waals surface area (Å²) < 4.78 is 13.4. The van der Waals surface area contributed by atoms with E-state index in [1.54, 1.807) is 0 Å². The number of fused-ring (bicyclic) bond motifs is 7. The topological polar surface area (TPSA) is 75.0 Å². The summed E-state index contributed by atoms with van der Waals surface area (Å²) in [5.74, 6) is 2.82. The minimum atomic E-state index is -0.955. The Labute approximate surface area is 211 Å². The second-order valence-electron chi connectivity index (χ2n) is 11.9. The van der Waals surface area contributed by atoms with Crippen LogP contribution in [0.3, 0.4) is 0 Å². The molecule has 9 atom stereocenters. The minimum absolute atomic E-state index is 0.0678. The number of rotatable bonds is 3. The van der Waals surface area contributed by atoms with Crippen LogP contribution >= 0.6 is 0 Å². The second-order valence-corrected chi connectivity index (χ2v) is 13.4. The highest BCUT2D eigenvalue weighted by molar-refractivity contribution is 7.85. The SMILES string of the molecule is N#CC1=CC2C(CCC3C2CCC2C3CCC3(CS(=O)c4ccccc4)CCCCC23)C(=O)C1=O. The molecule has 35 heavy (non-hydrogen) atoms. The van der Waals surface area contributed by atoms with E-state index >= 15 is 0 Å². The van der Waals surface area contributed by atoms with Gasteiger partial charge in [-0.1, -0.05) is 37.1 Å². The van der Waals surface area contributed by atoms with E-state index in [2.05, 4.69) is 0 Å². The van der Waals surface area contributed by atoms with Crippen molar-refractivity contribution in [2.24, 2.45) is 46.8 Å². The molecule has 0 N–H and O–H groups in total. The minimum Gasteiger partial charge on any atom is -0.290 e. The van der Waals surface area contributed by atoms with E-state index in [9.17, 15) is 19.1 Å². The van der Waals surface area contributed by atoms with Crippen molar-refractivity contribution in [2.45, 2.75) is 69.1 Å². The zero-order valence-electron chi connectivity index (χ0n) is 20.4. The molecule has 0 radical (unpaired) electrons. The molecule has 5 aliphatic carbocycles. The van der Waals surface area contributed by atoms with Crippen molar-refractivity contribution < 1.29 is 13.8 Å². The van der Waals surface area contributed by atoms with Crippen LogP contribution in [0.25, 0.3) is 0 Å². The normalized spacial score (nSPS) is 41.3. The summed E-state index contributed by atoms with van der Waals surface area (Å²) in [6.45, 7) is 0. The van der Waals surface area contributed by atoms with Gasteiger partial charge in [0, 0.05) is 16.6 Å².